The number of allylic oxidation sites excluding steroid dienone is 3. The number of pyridine rings is 1. The van der Waals surface area contributed by atoms with E-state index < -0.39 is 0 Å². The van der Waals surface area contributed by atoms with Crippen LogP contribution in [0.15, 0.2) is 53.6 Å². The summed E-state index contributed by atoms with van der Waals surface area (Å²) in [6.45, 7) is 8.70. The van der Waals surface area contributed by atoms with Gasteiger partial charge in [0.15, 0.2) is 0 Å². The van der Waals surface area contributed by atoms with Gasteiger partial charge in [-0.25, -0.2) is 4.98 Å². The average molecular weight is 385 g/mol. The number of aliphatic imine (C=N–C) groups is 1. The van der Waals surface area contributed by atoms with E-state index in [0.29, 0.717) is 10.9 Å². The summed E-state index contributed by atoms with van der Waals surface area (Å²) < 4.78 is 1.98. The first-order chi connectivity index (χ1) is 13.0. The molecule has 1 aliphatic carbocycles. The van der Waals surface area contributed by atoms with E-state index in [1.54, 1.807) is 0 Å². The van der Waals surface area contributed by atoms with Gasteiger partial charge in [-0.3, -0.25) is 4.99 Å². The third-order valence-electron chi connectivity index (χ3n) is 5.04. The fourth-order valence-electron chi connectivity index (χ4n) is 3.44. The molecule has 1 saturated carbocycles. The zero-order chi connectivity index (χ0) is 19.4. The van der Waals surface area contributed by atoms with Crippen molar-refractivity contribution in [2.24, 2.45) is 10.9 Å². The minimum atomic E-state index is 0.145. The van der Waals surface area contributed by atoms with Gasteiger partial charge in [-0.1, -0.05) is 38.4 Å². The summed E-state index contributed by atoms with van der Waals surface area (Å²) in [6, 6.07) is 3.81. The van der Waals surface area contributed by atoms with Crippen molar-refractivity contribution < 1.29 is 0 Å². The van der Waals surface area contributed by atoms with Gasteiger partial charge >= 0.3 is 0 Å². The second kappa shape index (κ2) is 8.75. The summed E-state index contributed by atoms with van der Waals surface area (Å²) in [5, 5.41) is 4.29. The molecule has 2 aromatic heterocycles. The zero-order valence-corrected chi connectivity index (χ0v) is 17.3. The Hall–Kier alpha value is -2.07. The van der Waals surface area contributed by atoms with E-state index in [1.807, 2.05) is 29.8 Å². The Labute approximate surface area is 167 Å². The van der Waals surface area contributed by atoms with Crippen LogP contribution in [0.2, 0.25) is 5.02 Å². The molecular weight excluding hydrogens is 356 g/mol. The number of hydrogen-bond acceptors (Lipinski definition) is 3. The molecule has 0 aromatic carbocycles. The van der Waals surface area contributed by atoms with Gasteiger partial charge in [0.2, 0.25) is 0 Å². The first-order valence-electron chi connectivity index (χ1n) is 9.82. The molecular formula is C22H29ClN4. The summed E-state index contributed by atoms with van der Waals surface area (Å²) >= 11 is 6.10. The van der Waals surface area contributed by atoms with E-state index in [9.17, 15) is 0 Å². The van der Waals surface area contributed by atoms with Crippen molar-refractivity contribution in [3.05, 3.63) is 59.3 Å². The summed E-state index contributed by atoms with van der Waals surface area (Å²) in [7, 11) is 1.89. The lowest BCUT2D eigenvalue weighted by Gasteiger charge is -2.20. The third kappa shape index (κ3) is 4.81. The van der Waals surface area contributed by atoms with E-state index in [4.69, 9.17) is 16.6 Å². The monoisotopic (exact) mass is 384 g/mol. The van der Waals surface area contributed by atoms with Crippen LogP contribution >= 0.6 is 11.6 Å². The minimum absolute atomic E-state index is 0.145. The summed E-state index contributed by atoms with van der Waals surface area (Å²) in [5.74, 6) is 0.786. The molecule has 1 aliphatic rings. The maximum atomic E-state index is 6.10. The Morgan fingerprint density at radius 3 is 2.81 bits per heavy atom. The Morgan fingerprint density at radius 1 is 1.41 bits per heavy atom. The highest BCUT2D eigenvalue weighted by atomic mass is 35.5. The van der Waals surface area contributed by atoms with Crippen LogP contribution in [0.5, 0.6) is 0 Å². The van der Waals surface area contributed by atoms with Crippen molar-refractivity contribution in [3.63, 3.8) is 0 Å². The standard InChI is InChI=1S/C22H29ClN4/c1-5-7-18(12-20(24-4)16-8-9-16)25-15(3)19(6-2)21-14-27-13-17(23)10-11-22(27)26-21/h10-14,16,19,25H,3,5-9H2,1-2,4H3/b18-12+,24-20?. The molecule has 0 spiro atoms. The van der Waals surface area contributed by atoms with E-state index >= 15 is 0 Å². The quantitative estimate of drug-likeness (QED) is 0.559. The summed E-state index contributed by atoms with van der Waals surface area (Å²) in [6.07, 6.45) is 11.7. The van der Waals surface area contributed by atoms with E-state index in [-0.39, 0.29) is 5.92 Å². The van der Waals surface area contributed by atoms with Crippen LogP contribution < -0.4 is 5.32 Å². The zero-order valence-electron chi connectivity index (χ0n) is 16.5. The molecule has 0 saturated heterocycles. The highest BCUT2D eigenvalue weighted by molar-refractivity contribution is 6.30. The second-order valence-electron chi connectivity index (χ2n) is 7.23. The topological polar surface area (TPSA) is 41.7 Å². The lowest BCUT2D eigenvalue weighted by molar-refractivity contribution is 0.676. The van der Waals surface area contributed by atoms with Crippen LogP contribution in [0.1, 0.15) is 57.6 Å². The first-order valence-corrected chi connectivity index (χ1v) is 10.2. The van der Waals surface area contributed by atoms with Crippen molar-refractivity contribution in [1.29, 1.82) is 0 Å². The van der Waals surface area contributed by atoms with Gasteiger partial charge in [0, 0.05) is 48.4 Å². The van der Waals surface area contributed by atoms with Crippen molar-refractivity contribution in [2.75, 3.05) is 7.05 Å². The molecule has 5 heteroatoms. The minimum Gasteiger partial charge on any atom is -0.362 e. The Bertz CT molecular complexity index is 874. The SMILES string of the molecule is C=C(N/C(=C/C(=NC)C1CC1)CCC)C(CC)c1cn2cc(Cl)ccc2n1. The molecule has 0 aliphatic heterocycles. The van der Waals surface area contributed by atoms with Gasteiger partial charge in [0.25, 0.3) is 0 Å². The predicted octanol–water partition coefficient (Wildman–Crippen LogP) is 5.75. The molecule has 1 fully saturated rings. The number of fused-ring (bicyclic) bond motifs is 1. The molecule has 1 atom stereocenters. The predicted molar refractivity (Wildman–Crippen MR) is 115 cm³/mol. The molecule has 4 nitrogen and oxygen atoms in total. The molecule has 3 rings (SSSR count). The van der Waals surface area contributed by atoms with E-state index in [1.165, 1.54) is 24.3 Å². The summed E-state index contributed by atoms with van der Waals surface area (Å²) in [5.41, 5.74) is 5.30. The van der Waals surface area contributed by atoms with Crippen molar-refractivity contribution in [2.45, 2.75) is 51.9 Å². The molecule has 144 valence electrons. The number of nitrogens with zero attached hydrogens (tertiary/aromatic N) is 3. The lowest BCUT2D eigenvalue weighted by atomic mass is 9.99. The number of imidazole rings is 1. The molecule has 1 N–H and O–H groups in total. The van der Waals surface area contributed by atoms with Crippen LogP contribution in [0.25, 0.3) is 5.65 Å². The van der Waals surface area contributed by atoms with Gasteiger partial charge in [0.05, 0.1) is 10.7 Å². The van der Waals surface area contributed by atoms with Crippen LogP contribution in [-0.4, -0.2) is 22.1 Å². The first kappa shape index (κ1) is 19.7. The second-order valence-corrected chi connectivity index (χ2v) is 7.67. The van der Waals surface area contributed by atoms with Gasteiger partial charge < -0.3 is 9.72 Å². The number of aromatic nitrogens is 2. The Morgan fingerprint density at radius 2 is 2.19 bits per heavy atom. The van der Waals surface area contributed by atoms with Crippen LogP contribution in [0.4, 0.5) is 0 Å². The number of nitrogens with one attached hydrogen (secondary N) is 1. The summed E-state index contributed by atoms with van der Waals surface area (Å²) in [4.78, 5) is 9.26. The number of rotatable bonds is 9. The molecule has 1 unspecified atom stereocenters. The molecule has 0 amide bonds. The van der Waals surface area contributed by atoms with Crippen molar-refractivity contribution in [3.8, 4) is 0 Å². The fraction of sp³-hybridized carbons (Fsp3) is 0.455. The van der Waals surface area contributed by atoms with Crippen LogP contribution in [0.3, 0.4) is 0 Å². The van der Waals surface area contributed by atoms with Gasteiger partial charge in [0.1, 0.15) is 5.65 Å². The maximum Gasteiger partial charge on any atom is 0.137 e. The largest absolute Gasteiger partial charge is 0.362 e. The van der Waals surface area contributed by atoms with Crippen LogP contribution in [0, 0.1) is 5.92 Å². The Balaban J connectivity index is 1.80. The van der Waals surface area contributed by atoms with E-state index in [0.717, 1.165) is 36.3 Å². The van der Waals surface area contributed by atoms with Crippen molar-refractivity contribution in [1.82, 2.24) is 14.7 Å². The van der Waals surface area contributed by atoms with E-state index in [2.05, 4.69) is 43.0 Å². The highest BCUT2D eigenvalue weighted by Crippen LogP contribution is 2.32. The highest BCUT2D eigenvalue weighted by Gasteiger charge is 2.26. The molecule has 0 radical (unpaired) electrons. The Kier molecular flexibility index (Phi) is 6.38. The van der Waals surface area contributed by atoms with Crippen LogP contribution in [-0.2, 0) is 0 Å². The van der Waals surface area contributed by atoms with Gasteiger partial charge in [-0.2, -0.15) is 0 Å². The maximum absolute atomic E-state index is 6.10. The molecule has 0 bridgehead atoms. The fourth-order valence-corrected chi connectivity index (χ4v) is 3.61. The molecule has 27 heavy (non-hydrogen) atoms. The van der Waals surface area contributed by atoms with Gasteiger partial charge in [-0.05, 0) is 43.9 Å². The van der Waals surface area contributed by atoms with Gasteiger partial charge in [-0.15, -0.1) is 0 Å². The average Bonchev–Trinajstić information content (AvgIpc) is 3.40. The molecule has 2 heterocycles. The van der Waals surface area contributed by atoms with Crippen molar-refractivity contribution >= 4 is 23.0 Å². The molecule has 2 aromatic rings. The number of halogens is 1. The lowest BCUT2D eigenvalue weighted by Crippen LogP contribution is -2.19. The third-order valence-corrected chi connectivity index (χ3v) is 5.26. The number of hydrogen-bond donors (Lipinski definition) is 1. The smallest absolute Gasteiger partial charge is 0.137 e. The normalized spacial score (nSPS) is 16.6.